The Hall–Kier alpha value is -4.57. The van der Waals surface area contributed by atoms with Crippen LogP contribution in [-0.4, -0.2) is 86.5 Å². The Morgan fingerprint density at radius 2 is 1.62 bits per heavy atom. The number of hydrogen-bond acceptors (Lipinski definition) is 8. The second kappa shape index (κ2) is 13.7. The topological polar surface area (TPSA) is 127 Å². The van der Waals surface area contributed by atoms with Crippen LogP contribution in [0.4, 0.5) is 4.39 Å². The van der Waals surface area contributed by atoms with Gasteiger partial charge in [0, 0.05) is 75.6 Å². The van der Waals surface area contributed by atoms with Gasteiger partial charge < -0.3 is 14.6 Å². The predicted octanol–water partition coefficient (Wildman–Crippen LogP) is 4.20. The van der Waals surface area contributed by atoms with E-state index in [0.717, 1.165) is 37.1 Å². The third kappa shape index (κ3) is 7.71. The SMILES string of the molecule is CS(=O)(=O)c1cccc(CN2CCN(C(=O)c3ccc4oc(C(=O)NC5CCN(Cc6ccc(C#N)c(F)c6)CC5)cc4c3)CC2)c1. The lowest BCUT2D eigenvalue weighted by Gasteiger charge is -2.34. The van der Waals surface area contributed by atoms with Crippen molar-refractivity contribution in [1.29, 1.82) is 5.26 Å². The summed E-state index contributed by atoms with van der Waals surface area (Å²) in [5, 5.41) is 12.7. The first-order chi connectivity index (χ1) is 22.6. The van der Waals surface area contributed by atoms with E-state index in [-0.39, 0.29) is 29.2 Å². The fourth-order valence-electron chi connectivity index (χ4n) is 6.21. The molecule has 12 heteroatoms. The van der Waals surface area contributed by atoms with Gasteiger partial charge >= 0.3 is 0 Å². The number of benzene rings is 3. The van der Waals surface area contributed by atoms with Crippen LogP contribution in [0.1, 0.15) is 50.4 Å². The van der Waals surface area contributed by atoms with E-state index < -0.39 is 15.7 Å². The van der Waals surface area contributed by atoms with Crippen LogP contribution in [0.25, 0.3) is 11.0 Å². The summed E-state index contributed by atoms with van der Waals surface area (Å²) >= 11 is 0. The summed E-state index contributed by atoms with van der Waals surface area (Å²) in [6.45, 7) is 5.09. The molecule has 2 fully saturated rings. The zero-order chi connectivity index (χ0) is 33.1. The van der Waals surface area contributed by atoms with Gasteiger partial charge in [-0.15, -0.1) is 0 Å². The summed E-state index contributed by atoms with van der Waals surface area (Å²) < 4.78 is 43.6. The number of piperazine rings is 1. The number of likely N-dealkylation sites (tertiary alicyclic amines) is 1. The number of amides is 2. The first-order valence-electron chi connectivity index (χ1n) is 15.6. The molecule has 1 aromatic heterocycles. The number of fused-ring (bicyclic) bond motifs is 1. The van der Waals surface area contributed by atoms with Crippen molar-refractivity contribution in [3.63, 3.8) is 0 Å². The molecule has 4 aromatic rings. The Kier molecular flexibility index (Phi) is 9.40. The third-order valence-electron chi connectivity index (χ3n) is 8.86. The Labute approximate surface area is 273 Å². The number of piperidine rings is 1. The van der Waals surface area contributed by atoms with Crippen LogP contribution in [0, 0.1) is 17.1 Å². The van der Waals surface area contributed by atoms with Gasteiger partial charge in [0.25, 0.3) is 11.8 Å². The van der Waals surface area contributed by atoms with Gasteiger partial charge in [-0.05, 0) is 72.5 Å². The minimum Gasteiger partial charge on any atom is -0.451 e. The van der Waals surface area contributed by atoms with Gasteiger partial charge in [0.15, 0.2) is 15.6 Å². The Morgan fingerprint density at radius 1 is 0.915 bits per heavy atom. The molecule has 0 spiro atoms. The van der Waals surface area contributed by atoms with E-state index in [4.69, 9.17) is 9.68 Å². The highest BCUT2D eigenvalue weighted by Gasteiger charge is 2.25. The molecule has 3 aromatic carbocycles. The highest BCUT2D eigenvalue weighted by atomic mass is 32.2. The fourth-order valence-corrected chi connectivity index (χ4v) is 6.90. The van der Waals surface area contributed by atoms with E-state index in [1.807, 2.05) is 17.0 Å². The average molecular weight is 658 g/mol. The molecular weight excluding hydrogens is 621 g/mol. The van der Waals surface area contributed by atoms with Gasteiger partial charge in [0.2, 0.25) is 0 Å². The molecular formula is C35H36FN5O5S. The van der Waals surface area contributed by atoms with Crippen LogP contribution in [0.15, 0.2) is 76.0 Å². The second-order valence-electron chi connectivity index (χ2n) is 12.3. The molecule has 10 nitrogen and oxygen atoms in total. The van der Waals surface area contributed by atoms with Crippen molar-refractivity contribution in [3.05, 3.63) is 101 Å². The zero-order valence-electron chi connectivity index (χ0n) is 26.1. The summed E-state index contributed by atoms with van der Waals surface area (Å²) in [6.07, 6.45) is 2.68. The molecule has 6 rings (SSSR count). The molecule has 1 N–H and O–H groups in total. The molecule has 0 radical (unpaired) electrons. The summed E-state index contributed by atoms with van der Waals surface area (Å²) in [5.74, 6) is -0.719. The van der Waals surface area contributed by atoms with Crippen LogP contribution in [0.3, 0.4) is 0 Å². The van der Waals surface area contributed by atoms with E-state index in [9.17, 15) is 22.4 Å². The molecule has 0 atom stereocenters. The fraction of sp³-hybridized carbons (Fsp3) is 0.343. The van der Waals surface area contributed by atoms with Crippen molar-refractivity contribution in [2.45, 2.75) is 36.9 Å². The number of carbonyl (C=O) groups is 2. The highest BCUT2D eigenvalue weighted by molar-refractivity contribution is 7.90. The first kappa shape index (κ1) is 32.4. The van der Waals surface area contributed by atoms with Crippen molar-refractivity contribution in [2.24, 2.45) is 0 Å². The standard InChI is InChI=1S/C35H36FN5O5S/c1-47(44,45)30-4-2-3-24(17-30)22-40-13-15-41(16-14-40)35(43)26-7-8-32-28(19-26)20-33(46-32)34(42)38-29-9-11-39(12-10-29)23-25-5-6-27(21-37)31(36)18-25/h2-8,17-20,29H,9-16,22-23H2,1H3,(H,38,42). The number of nitrogens with zero attached hydrogens (tertiary/aromatic N) is 4. The molecule has 2 aliphatic heterocycles. The van der Waals surface area contributed by atoms with E-state index in [2.05, 4.69) is 15.1 Å². The number of rotatable bonds is 8. The summed E-state index contributed by atoms with van der Waals surface area (Å²) in [5.41, 5.74) is 2.81. The largest absolute Gasteiger partial charge is 0.451 e. The lowest BCUT2D eigenvalue weighted by Crippen LogP contribution is -2.48. The van der Waals surface area contributed by atoms with Crippen LogP contribution in [0.5, 0.6) is 0 Å². The van der Waals surface area contributed by atoms with Crippen LogP contribution in [-0.2, 0) is 22.9 Å². The Morgan fingerprint density at radius 3 is 2.30 bits per heavy atom. The Balaban J connectivity index is 0.998. The van der Waals surface area contributed by atoms with Crippen molar-refractivity contribution < 1.29 is 26.8 Å². The Bertz CT molecular complexity index is 1950. The molecule has 0 aliphatic carbocycles. The molecule has 2 saturated heterocycles. The van der Waals surface area contributed by atoms with Crippen molar-refractivity contribution >= 4 is 32.6 Å². The van der Waals surface area contributed by atoms with E-state index >= 15 is 0 Å². The molecule has 0 saturated carbocycles. The summed E-state index contributed by atoms with van der Waals surface area (Å²) in [7, 11) is -3.27. The van der Waals surface area contributed by atoms with Gasteiger partial charge in [-0.2, -0.15) is 5.26 Å². The monoisotopic (exact) mass is 657 g/mol. The molecule has 0 unspecified atom stereocenters. The van der Waals surface area contributed by atoms with Gasteiger partial charge in [0.1, 0.15) is 17.5 Å². The molecule has 244 valence electrons. The molecule has 47 heavy (non-hydrogen) atoms. The lowest BCUT2D eigenvalue weighted by molar-refractivity contribution is 0.0628. The number of sulfone groups is 1. The normalized spacial score (nSPS) is 16.7. The van der Waals surface area contributed by atoms with E-state index in [1.165, 1.54) is 18.4 Å². The molecule has 2 aliphatic rings. The molecule has 2 amide bonds. The average Bonchev–Trinajstić information content (AvgIpc) is 3.50. The minimum absolute atomic E-state index is 0.0240. The zero-order valence-corrected chi connectivity index (χ0v) is 26.9. The van der Waals surface area contributed by atoms with Gasteiger partial charge in [0.05, 0.1) is 10.5 Å². The number of carbonyl (C=O) groups excluding carboxylic acids is 2. The van der Waals surface area contributed by atoms with Crippen LogP contribution < -0.4 is 5.32 Å². The lowest BCUT2D eigenvalue weighted by atomic mass is 10.0. The molecule has 0 bridgehead atoms. The maximum atomic E-state index is 14.0. The number of halogens is 1. The third-order valence-corrected chi connectivity index (χ3v) is 9.97. The first-order valence-corrected chi connectivity index (χ1v) is 17.5. The van der Waals surface area contributed by atoms with Gasteiger partial charge in [-0.3, -0.25) is 19.4 Å². The van der Waals surface area contributed by atoms with Crippen molar-refractivity contribution in [3.8, 4) is 6.07 Å². The number of furan rings is 1. The van der Waals surface area contributed by atoms with Crippen LogP contribution >= 0.6 is 0 Å². The quantitative estimate of drug-likeness (QED) is 0.299. The minimum atomic E-state index is -3.27. The van der Waals surface area contributed by atoms with Gasteiger partial charge in [-0.25, -0.2) is 12.8 Å². The number of hydrogen-bond donors (Lipinski definition) is 1. The maximum absolute atomic E-state index is 14.0. The molecule has 3 heterocycles. The van der Waals surface area contributed by atoms with Crippen LogP contribution in [0.2, 0.25) is 0 Å². The maximum Gasteiger partial charge on any atom is 0.287 e. The van der Waals surface area contributed by atoms with E-state index in [1.54, 1.807) is 48.5 Å². The van der Waals surface area contributed by atoms with Crippen molar-refractivity contribution in [2.75, 3.05) is 45.5 Å². The summed E-state index contributed by atoms with van der Waals surface area (Å²) in [6, 6.07) is 20.3. The number of nitrogens with one attached hydrogen (secondary N) is 1. The predicted molar refractivity (Wildman–Crippen MR) is 174 cm³/mol. The second-order valence-corrected chi connectivity index (χ2v) is 14.3. The van der Waals surface area contributed by atoms with Gasteiger partial charge in [-0.1, -0.05) is 18.2 Å². The smallest absolute Gasteiger partial charge is 0.287 e. The highest BCUT2D eigenvalue weighted by Crippen LogP contribution is 2.24. The summed E-state index contributed by atoms with van der Waals surface area (Å²) in [4.78, 5) is 32.9. The number of nitriles is 1. The van der Waals surface area contributed by atoms with E-state index in [0.29, 0.717) is 60.7 Å². The van der Waals surface area contributed by atoms with Crippen molar-refractivity contribution in [1.82, 2.24) is 20.0 Å².